The first kappa shape index (κ1) is 85.8. The zero-order valence-electron chi connectivity index (χ0n) is 56.5. The monoisotopic (exact) mass is 1400 g/mol. The molecule has 98 heavy (non-hydrogen) atoms. The van der Waals surface area contributed by atoms with E-state index in [4.69, 9.17) is 15.6 Å². The van der Waals surface area contributed by atoms with Gasteiger partial charge in [-0.1, -0.05) is 116 Å². The molecule has 548 valence electrons. The van der Waals surface area contributed by atoms with Crippen LogP contribution in [0.1, 0.15) is 119 Å². The number of carboxylic acids is 2. The number of thioether (sulfide) groups is 1. The van der Waals surface area contributed by atoms with E-state index in [1.165, 1.54) is 28.5 Å². The lowest BCUT2D eigenvalue weighted by molar-refractivity contribution is -0.150. The summed E-state index contributed by atoms with van der Waals surface area (Å²) in [6, 6.07) is 0.379. The molecular formula is C66H104N12O19S. The third-order valence-electron chi connectivity index (χ3n) is 16.3. The highest BCUT2D eigenvalue weighted by Gasteiger charge is 2.43. The van der Waals surface area contributed by atoms with Gasteiger partial charge in [-0.15, -0.1) is 0 Å². The Hall–Kier alpha value is -8.30. The van der Waals surface area contributed by atoms with Crippen LogP contribution in [0, 0.1) is 17.8 Å². The highest BCUT2D eigenvalue weighted by molar-refractivity contribution is 7.98. The average Bonchev–Trinajstić information content (AvgIpc) is 1.57. The van der Waals surface area contributed by atoms with Gasteiger partial charge >= 0.3 is 5.97 Å². The molecule has 0 unspecified atom stereocenters. The van der Waals surface area contributed by atoms with Crippen LogP contribution in [-0.2, 0) is 75.2 Å². The van der Waals surface area contributed by atoms with Crippen LogP contribution in [0.2, 0.25) is 0 Å². The maximum atomic E-state index is 14.4. The van der Waals surface area contributed by atoms with Crippen LogP contribution in [-0.4, -0.2) is 241 Å². The number of nitrogens with one attached hydrogen (secondary N) is 9. The molecule has 0 aliphatic carbocycles. The molecule has 17 N–H and O–H groups in total. The maximum Gasteiger partial charge on any atom is 0.326 e. The van der Waals surface area contributed by atoms with Crippen LogP contribution in [0.15, 0.2) is 60.7 Å². The Morgan fingerprint density at radius 2 is 0.929 bits per heavy atom. The molecular weight excluding hydrogens is 1300 g/mol. The van der Waals surface area contributed by atoms with Gasteiger partial charge in [-0.25, -0.2) is 4.79 Å². The Balaban J connectivity index is 0.00000635. The second-order valence-electron chi connectivity index (χ2n) is 24.9. The molecule has 32 heteroatoms. The summed E-state index contributed by atoms with van der Waals surface area (Å²) < 4.78 is 0. The van der Waals surface area contributed by atoms with Crippen molar-refractivity contribution in [3.8, 4) is 0 Å². The minimum Gasteiger partial charge on any atom is -0.481 e. The number of nitrogens with two attached hydrogens (primary N) is 1. The smallest absolute Gasteiger partial charge is 0.326 e. The highest BCUT2D eigenvalue weighted by Crippen LogP contribution is 2.23. The second-order valence-corrected chi connectivity index (χ2v) is 25.9. The number of aliphatic hydroxyl groups excluding tert-OH is 4. The fourth-order valence-electron chi connectivity index (χ4n) is 10.7. The van der Waals surface area contributed by atoms with E-state index in [1.54, 1.807) is 108 Å². The zero-order valence-corrected chi connectivity index (χ0v) is 57.3. The van der Waals surface area contributed by atoms with Crippen molar-refractivity contribution in [2.45, 2.75) is 199 Å². The molecule has 31 nitrogen and oxygen atoms in total. The van der Waals surface area contributed by atoms with Crippen molar-refractivity contribution in [1.29, 1.82) is 0 Å². The molecule has 2 aromatic rings. The Kier molecular flexibility index (Phi) is 37.8. The van der Waals surface area contributed by atoms with Crippen LogP contribution in [0.5, 0.6) is 0 Å². The number of carbonyl (C=O) groups excluding carboxylic acids is 11. The first-order chi connectivity index (χ1) is 45.8. The number of aliphatic carboxylic acids is 2. The summed E-state index contributed by atoms with van der Waals surface area (Å²) in [6.45, 7) is 9.97. The van der Waals surface area contributed by atoms with E-state index in [9.17, 15) is 83.1 Å². The molecule has 2 fully saturated rings. The second kappa shape index (κ2) is 43.2. The summed E-state index contributed by atoms with van der Waals surface area (Å²) in [5, 5.41) is 81.2. The Bertz CT molecular complexity index is 2960. The van der Waals surface area contributed by atoms with Crippen LogP contribution < -0.4 is 53.6 Å². The van der Waals surface area contributed by atoms with E-state index in [-0.39, 0.29) is 65.0 Å². The van der Waals surface area contributed by atoms with Gasteiger partial charge in [0.05, 0.1) is 25.9 Å². The molecule has 0 bridgehead atoms. The quantitative estimate of drug-likeness (QED) is 0.0342. The molecule has 0 aromatic heterocycles. The minimum absolute atomic E-state index is 0. The fourth-order valence-corrected chi connectivity index (χ4v) is 11.2. The molecule has 0 radical (unpaired) electrons. The molecule has 11 amide bonds. The van der Waals surface area contributed by atoms with Crippen molar-refractivity contribution >= 4 is 88.7 Å². The van der Waals surface area contributed by atoms with Gasteiger partial charge in [0.2, 0.25) is 65.0 Å². The number of carboxylic acid groups (broad SMARTS) is 2. The van der Waals surface area contributed by atoms with E-state index in [2.05, 4.69) is 47.9 Å². The van der Waals surface area contributed by atoms with Crippen LogP contribution in [0.3, 0.4) is 0 Å². The molecule has 0 spiro atoms. The van der Waals surface area contributed by atoms with Crippen molar-refractivity contribution in [1.82, 2.24) is 57.7 Å². The number of amides is 11. The van der Waals surface area contributed by atoms with Gasteiger partial charge in [-0.2, -0.15) is 11.8 Å². The normalized spacial score (nSPS) is 17.8. The lowest BCUT2D eigenvalue weighted by atomic mass is 9.96. The number of nitrogens with zero attached hydrogens (tertiary/aromatic N) is 2. The number of rotatable bonds is 37. The SMILES string of the molecule is C.CC(=O)O.CC[C@H](C)[C@H](NC(=O)[C@H](CO)NC(=O)[C@H](Cc1ccccc1)NC(=O)[C@H](CO)NC(=O)[C@@H](N)[C@@H](C)O)C(=O)N[C@@H](CC(C)C)C(=O)N[C@@H](CCSC)C(=O)N[C@@H](CO)C(=O)N1CCC[C@H]1C(=O)N[C@@H](Cc1ccccc1)C(=O)N[C@H](C(=O)N1CCC[C@H]1C(=O)O)C(C)C. The predicted molar refractivity (Wildman–Crippen MR) is 362 cm³/mol. The number of hydrogen-bond acceptors (Lipinski definition) is 19. The van der Waals surface area contributed by atoms with Crippen molar-refractivity contribution in [2.75, 3.05) is 44.9 Å². The molecule has 2 heterocycles. The van der Waals surface area contributed by atoms with E-state index < -0.39 is 187 Å². The lowest BCUT2D eigenvalue weighted by Crippen LogP contribution is -2.62. The highest BCUT2D eigenvalue weighted by atomic mass is 32.2. The molecule has 4 rings (SSSR count). The molecule has 14 atom stereocenters. The molecule has 2 aromatic carbocycles. The summed E-state index contributed by atoms with van der Waals surface area (Å²) in [5.74, 6) is -12.5. The van der Waals surface area contributed by atoms with Crippen molar-refractivity contribution < 1.29 is 93.0 Å². The van der Waals surface area contributed by atoms with Crippen molar-refractivity contribution in [2.24, 2.45) is 23.5 Å². The van der Waals surface area contributed by atoms with Gasteiger partial charge in [0, 0.05) is 32.9 Å². The van der Waals surface area contributed by atoms with Crippen LogP contribution in [0.25, 0.3) is 0 Å². The Morgan fingerprint density at radius 1 is 0.531 bits per heavy atom. The maximum absolute atomic E-state index is 14.4. The standard InChI is InChI=1S/C63H96N12O17S.C2H4O2.CH4/c1-9-36(6)51(73-57(85)45(32-77)69-54(82)42(29-38-18-12-10-13-19-38)66-56(84)44(31-76)70-59(87)49(64)37(7)79)60(88)68-41(28-34(2)3)53(81)65-40(24-27-93-8)52(80)71-46(33-78)61(89)74-25-16-22-47(74)58(86)67-43(30-39-20-14-11-15-21-39)55(83)72-50(35(4)5)62(90)75-26-17-23-48(75)63(91)92;1-2(3)4;/h10-15,18-21,34-37,40-51,76-79H,9,16-17,22-33,64H2,1-8H3,(H,65,81)(H,66,84)(H,67,86)(H,68,88)(H,69,82)(H,70,87)(H,71,80)(H,72,83)(H,73,85)(H,91,92);1H3,(H,3,4);1H4/t36-,37+,40-,41-,42-,43-,44-,45-,46-,47-,48-,49-,50-,51-;;/m0../s1. The first-order valence-corrected chi connectivity index (χ1v) is 33.8. The van der Waals surface area contributed by atoms with Gasteiger partial charge in [-0.3, -0.25) is 57.5 Å². The third-order valence-corrected chi connectivity index (χ3v) is 17.0. The summed E-state index contributed by atoms with van der Waals surface area (Å²) in [4.78, 5) is 177. The number of benzene rings is 2. The average molecular weight is 1400 g/mol. The van der Waals surface area contributed by atoms with Gasteiger partial charge in [0.25, 0.3) is 5.97 Å². The number of hydrogen-bond donors (Lipinski definition) is 16. The number of aliphatic hydroxyl groups is 4. The topological polar surface area (TPSA) is 484 Å². The molecule has 2 saturated heterocycles. The van der Waals surface area contributed by atoms with Crippen molar-refractivity contribution in [3.05, 3.63) is 71.8 Å². The van der Waals surface area contributed by atoms with E-state index >= 15 is 0 Å². The molecule has 2 aliphatic rings. The van der Waals surface area contributed by atoms with Gasteiger partial charge < -0.3 is 94.0 Å². The first-order valence-electron chi connectivity index (χ1n) is 32.4. The van der Waals surface area contributed by atoms with Gasteiger partial charge in [-0.05, 0) is 86.3 Å². The van der Waals surface area contributed by atoms with E-state index in [0.717, 1.165) is 6.92 Å². The minimum atomic E-state index is -1.73. The van der Waals surface area contributed by atoms with E-state index in [1.807, 2.05) is 0 Å². The Morgan fingerprint density at radius 3 is 1.40 bits per heavy atom. The summed E-state index contributed by atoms with van der Waals surface area (Å²) in [5.41, 5.74) is 6.88. The lowest BCUT2D eigenvalue weighted by Gasteiger charge is -2.32. The molecule has 0 saturated carbocycles. The van der Waals surface area contributed by atoms with Crippen molar-refractivity contribution in [3.63, 3.8) is 0 Å². The summed E-state index contributed by atoms with van der Waals surface area (Å²) in [7, 11) is 0. The van der Waals surface area contributed by atoms with Gasteiger partial charge in [0.1, 0.15) is 72.5 Å². The van der Waals surface area contributed by atoms with Crippen LogP contribution >= 0.6 is 11.8 Å². The van der Waals surface area contributed by atoms with Crippen LogP contribution in [0.4, 0.5) is 0 Å². The zero-order chi connectivity index (χ0) is 72.8. The number of carbonyl (C=O) groups is 13. The summed E-state index contributed by atoms with van der Waals surface area (Å²) >= 11 is 1.34. The Labute approximate surface area is 576 Å². The third kappa shape index (κ3) is 27.2. The largest absolute Gasteiger partial charge is 0.481 e. The van der Waals surface area contributed by atoms with Gasteiger partial charge in [0.15, 0.2) is 0 Å². The number of likely N-dealkylation sites (tertiary alicyclic amines) is 2. The summed E-state index contributed by atoms with van der Waals surface area (Å²) in [6.07, 6.45) is 1.72. The van der Waals surface area contributed by atoms with E-state index in [0.29, 0.717) is 36.1 Å². The molecule has 2 aliphatic heterocycles. The fraction of sp³-hybridized carbons (Fsp3) is 0.621. The predicted octanol–water partition coefficient (Wildman–Crippen LogP) is -2.19.